The van der Waals surface area contributed by atoms with Gasteiger partial charge in [0.2, 0.25) is 21.8 Å². The third-order valence-electron chi connectivity index (χ3n) is 5.32. The number of rotatable bonds is 12. The lowest BCUT2D eigenvalue weighted by Gasteiger charge is -2.33. The molecular formula is C24H31ClFN3O5S. The lowest BCUT2D eigenvalue weighted by atomic mass is 10.1. The second kappa shape index (κ2) is 12.7. The van der Waals surface area contributed by atoms with Gasteiger partial charge in [0.25, 0.3) is 0 Å². The lowest BCUT2D eigenvalue weighted by Crippen LogP contribution is -2.52. The fraction of sp³-hybridized carbons (Fsp3) is 0.417. The van der Waals surface area contributed by atoms with Crippen molar-refractivity contribution in [3.8, 4) is 5.75 Å². The molecule has 0 heterocycles. The smallest absolute Gasteiger partial charge is 0.244 e. The summed E-state index contributed by atoms with van der Waals surface area (Å²) in [5.74, 6) is -0.997. The number of benzene rings is 2. The van der Waals surface area contributed by atoms with Crippen molar-refractivity contribution >= 4 is 39.1 Å². The van der Waals surface area contributed by atoms with Gasteiger partial charge in [-0.25, -0.2) is 12.8 Å². The number of ether oxygens (including phenoxy) is 1. The van der Waals surface area contributed by atoms with Gasteiger partial charge in [0, 0.05) is 13.1 Å². The topological polar surface area (TPSA) is 96.0 Å². The molecule has 0 fully saturated rings. The van der Waals surface area contributed by atoms with E-state index >= 15 is 0 Å². The number of sulfonamides is 1. The fourth-order valence-corrected chi connectivity index (χ4v) is 4.48. The number of nitrogens with one attached hydrogen (secondary N) is 1. The molecule has 0 bridgehead atoms. The monoisotopic (exact) mass is 527 g/mol. The molecule has 1 atom stereocenters. The lowest BCUT2D eigenvalue weighted by molar-refractivity contribution is -0.140. The van der Waals surface area contributed by atoms with Gasteiger partial charge in [-0.2, -0.15) is 0 Å². The van der Waals surface area contributed by atoms with Crippen LogP contribution in [-0.4, -0.2) is 57.6 Å². The molecule has 35 heavy (non-hydrogen) atoms. The number of halogens is 2. The summed E-state index contributed by atoms with van der Waals surface area (Å²) < 4.78 is 44.8. The van der Waals surface area contributed by atoms with Crippen LogP contribution in [-0.2, 0) is 26.2 Å². The summed E-state index contributed by atoms with van der Waals surface area (Å²) in [6, 6.07) is 9.59. The Balaban J connectivity index is 2.43. The highest BCUT2D eigenvalue weighted by Gasteiger charge is 2.31. The highest BCUT2D eigenvalue weighted by atomic mass is 35.5. The Hall–Kier alpha value is -2.85. The van der Waals surface area contributed by atoms with Crippen LogP contribution in [0.1, 0.15) is 32.3 Å². The summed E-state index contributed by atoms with van der Waals surface area (Å²) in [6.45, 7) is 3.62. The predicted molar refractivity (Wildman–Crippen MR) is 135 cm³/mol. The quantitative estimate of drug-likeness (QED) is 0.455. The molecule has 0 spiro atoms. The molecule has 2 rings (SSSR count). The molecule has 192 valence electrons. The molecule has 1 N–H and O–H groups in total. The number of hydrogen-bond donors (Lipinski definition) is 1. The molecule has 0 aliphatic carbocycles. The van der Waals surface area contributed by atoms with Crippen molar-refractivity contribution in [2.75, 3.05) is 30.8 Å². The van der Waals surface area contributed by atoms with Gasteiger partial charge in [0.1, 0.15) is 24.2 Å². The average Bonchev–Trinajstić information content (AvgIpc) is 2.82. The van der Waals surface area contributed by atoms with E-state index in [2.05, 4.69) is 5.32 Å². The van der Waals surface area contributed by atoms with E-state index in [-0.39, 0.29) is 23.2 Å². The number of carbonyl (C=O) groups excluding carboxylic acids is 2. The van der Waals surface area contributed by atoms with E-state index in [0.717, 1.165) is 34.7 Å². The summed E-state index contributed by atoms with van der Waals surface area (Å²) in [5.41, 5.74) is 0.775. The van der Waals surface area contributed by atoms with E-state index in [0.29, 0.717) is 18.7 Å². The van der Waals surface area contributed by atoms with E-state index in [9.17, 15) is 22.4 Å². The molecule has 2 aromatic rings. The second-order valence-corrected chi connectivity index (χ2v) is 10.3. The standard InChI is InChI=1S/C24H31ClFN3O5S/c1-5-13-27-24(31)22(6-2)28(15-17-7-10-19(34-3)11-8-17)23(30)16-29(35(4,32)33)18-9-12-21(26)20(25)14-18/h7-12,14,22H,5-6,13,15-16H2,1-4H3,(H,27,31)/t22-/m0/s1. The largest absolute Gasteiger partial charge is 0.497 e. The predicted octanol–water partition coefficient (Wildman–Crippen LogP) is 3.59. The van der Waals surface area contributed by atoms with E-state index < -0.39 is 34.3 Å². The molecule has 2 aromatic carbocycles. The van der Waals surface area contributed by atoms with Crippen LogP contribution in [0.25, 0.3) is 0 Å². The normalized spacial score (nSPS) is 12.1. The summed E-state index contributed by atoms with van der Waals surface area (Å²) in [6.07, 6.45) is 1.98. The zero-order valence-corrected chi connectivity index (χ0v) is 21.8. The summed E-state index contributed by atoms with van der Waals surface area (Å²) >= 11 is 5.85. The molecule has 0 aromatic heterocycles. The minimum absolute atomic E-state index is 0.0418. The van der Waals surface area contributed by atoms with Gasteiger partial charge >= 0.3 is 0 Å². The maximum absolute atomic E-state index is 13.7. The Kier molecular flexibility index (Phi) is 10.3. The van der Waals surface area contributed by atoms with Gasteiger partial charge in [-0.05, 0) is 48.7 Å². The number of carbonyl (C=O) groups is 2. The Morgan fingerprint density at radius 3 is 2.31 bits per heavy atom. The minimum atomic E-state index is -3.94. The molecule has 0 aliphatic heterocycles. The number of hydrogen-bond acceptors (Lipinski definition) is 5. The number of amides is 2. The molecule has 2 amide bonds. The highest BCUT2D eigenvalue weighted by Crippen LogP contribution is 2.25. The molecule has 0 saturated carbocycles. The average molecular weight is 528 g/mol. The Morgan fingerprint density at radius 2 is 1.80 bits per heavy atom. The minimum Gasteiger partial charge on any atom is -0.497 e. The first kappa shape index (κ1) is 28.4. The van der Waals surface area contributed by atoms with Gasteiger partial charge in [-0.15, -0.1) is 0 Å². The van der Waals surface area contributed by atoms with Crippen LogP contribution >= 0.6 is 11.6 Å². The van der Waals surface area contributed by atoms with Crippen LogP contribution in [0.4, 0.5) is 10.1 Å². The number of nitrogens with zero attached hydrogens (tertiary/aromatic N) is 2. The van der Waals surface area contributed by atoms with Crippen LogP contribution < -0.4 is 14.4 Å². The molecule has 0 unspecified atom stereocenters. The first-order valence-electron chi connectivity index (χ1n) is 11.1. The second-order valence-electron chi connectivity index (χ2n) is 7.95. The summed E-state index contributed by atoms with van der Waals surface area (Å²) in [7, 11) is -2.40. The number of anilines is 1. The van der Waals surface area contributed by atoms with Gasteiger partial charge in [0.05, 0.1) is 24.1 Å². The maximum Gasteiger partial charge on any atom is 0.244 e. The maximum atomic E-state index is 13.7. The summed E-state index contributed by atoms with van der Waals surface area (Å²) in [4.78, 5) is 27.8. The van der Waals surface area contributed by atoms with Crippen LogP contribution in [0.3, 0.4) is 0 Å². The van der Waals surface area contributed by atoms with Crippen LogP contribution in [0.2, 0.25) is 5.02 Å². The van der Waals surface area contributed by atoms with E-state index in [1.807, 2.05) is 6.92 Å². The molecule has 0 saturated heterocycles. The Bertz CT molecular complexity index is 1130. The van der Waals surface area contributed by atoms with Gasteiger partial charge in [-0.1, -0.05) is 37.6 Å². The fourth-order valence-electron chi connectivity index (χ4n) is 3.47. The molecule has 8 nitrogen and oxygen atoms in total. The van der Waals surface area contributed by atoms with Crippen molar-refractivity contribution in [1.82, 2.24) is 10.2 Å². The third kappa shape index (κ3) is 7.83. The first-order valence-corrected chi connectivity index (χ1v) is 13.4. The van der Waals surface area contributed by atoms with Crippen LogP contribution in [0, 0.1) is 5.82 Å². The molecular weight excluding hydrogens is 497 g/mol. The van der Waals surface area contributed by atoms with E-state index in [1.165, 1.54) is 18.1 Å². The molecule has 0 radical (unpaired) electrons. The molecule has 0 aliphatic rings. The van der Waals surface area contributed by atoms with E-state index in [1.54, 1.807) is 31.2 Å². The highest BCUT2D eigenvalue weighted by molar-refractivity contribution is 7.92. The van der Waals surface area contributed by atoms with Gasteiger partial charge in [-0.3, -0.25) is 13.9 Å². The van der Waals surface area contributed by atoms with Crippen molar-refractivity contribution in [3.63, 3.8) is 0 Å². The van der Waals surface area contributed by atoms with Crippen molar-refractivity contribution in [1.29, 1.82) is 0 Å². The Labute approximate surface area is 211 Å². The van der Waals surface area contributed by atoms with E-state index in [4.69, 9.17) is 16.3 Å². The van der Waals surface area contributed by atoms with Crippen molar-refractivity contribution in [3.05, 3.63) is 58.9 Å². The SMILES string of the molecule is CCCNC(=O)[C@H](CC)N(Cc1ccc(OC)cc1)C(=O)CN(c1ccc(F)c(Cl)c1)S(C)(=O)=O. The van der Waals surface area contributed by atoms with Gasteiger partial charge < -0.3 is 15.0 Å². The third-order valence-corrected chi connectivity index (χ3v) is 6.75. The molecule has 11 heteroatoms. The number of methoxy groups -OCH3 is 1. The summed E-state index contributed by atoms with van der Waals surface area (Å²) in [5, 5.41) is 2.53. The zero-order chi connectivity index (χ0) is 26.2. The van der Waals surface area contributed by atoms with Crippen molar-refractivity contribution < 1.29 is 27.1 Å². The zero-order valence-electron chi connectivity index (χ0n) is 20.3. The van der Waals surface area contributed by atoms with Gasteiger partial charge in [0.15, 0.2) is 0 Å². The van der Waals surface area contributed by atoms with Crippen LogP contribution in [0.5, 0.6) is 5.75 Å². The Morgan fingerprint density at radius 1 is 1.14 bits per heavy atom. The van der Waals surface area contributed by atoms with Crippen molar-refractivity contribution in [2.45, 2.75) is 39.3 Å². The van der Waals surface area contributed by atoms with Crippen LogP contribution in [0.15, 0.2) is 42.5 Å². The van der Waals surface area contributed by atoms with Crippen molar-refractivity contribution in [2.24, 2.45) is 0 Å². The first-order chi connectivity index (χ1) is 16.5.